The summed E-state index contributed by atoms with van der Waals surface area (Å²) >= 11 is 34.5. The molecule has 47 heavy (non-hydrogen) atoms. The molecule has 21 heteroatoms. The molecule has 0 spiro atoms. The lowest BCUT2D eigenvalue weighted by atomic mass is 10.1. The van der Waals surface area contributed by atoms with Crippen molar-refractivity contribution in [1.82, 2.24) is 0 Å². The quantitative estimate of drug-likeness (QED) is 0.109. The number of anilines is 2. The van der Waals surface area contributed by atoms with Gasteiger partial charge in [0.15, 0.2) is 16.6 Å². The van der Waals surface area contributed by atoms with Gasteiger partial charge in [0.2, 0.25) is 11.8 Å². The molecule has 0 radical (unpaired) electrons. The second kappa shape index (κ2) is 18.8. The predicted molar refractivity (Wildman–Crippen MR) is 242 cm³/mol. The molecule has 0 fully saturated rings. The van der Waals surface area contributed by atoms with E-state index in [1.54, 1.807) is 0 Å². The number of halogens is 10. The molecule has 2 rings (SSSR count). The van der Waals surface area contributed by atoms with Crippen molar-refractivity contribution < 1.29 is 32.9 Å². The van der Waals surface area contributed by atoms with E-state index in [2.05, 4.69) is 10.6 Å². The topological polar surface area (TPSA) is 136 Å². The SMILES string of the molecule is C[Si](C)(CCC(=O)Nc1c(I)c(C(=O)Cl)c(I)c(C(=O)Cl)c1I)O[Si](C)(C)CCC(=O)Nc1c(I)c(C(=O)Cl)c(I)c(C(=O)Cl)c1I. The van der Waals surface area contributed by atoms with Crippen molar-refractivity contribution in [2.75, 3.05) is 10.6 Å². The highest BCUT2D eigenvalue weighted by Gasteiger charge is 2.35. The van der Waals surface area contributed by atoms with E-state index >= 15 is 0 Å². The van der Waals surface area contributed by atoms with Crippen molar-refractivity contribution in [3.05, 3.63) is 43.7 Å². The van der Waals surface area contributed by atoms with Gasteiger partial charge in [0.05, 0.1) is 47.9 Å². The predicted octanol–water partition coefficient (Wildman–Crippen LogP) is 10.6. The number of rotatable bonds is 14. The fourth-order valence-corrected chi connectivity index (χ4v) is 23.6. The summed E-state index contributed by atoms with van der Waals surface area (Å²) in [4.78, 5) is 74.7. The Labute approximate surface area is 375 Å². The first kappa shape index (κ1) is 45.2. The van der Waals surface area contributed by atoms with Crippen molar-refractivity contribution in [2.24, 2.45) is 0 Å². The zero-order chi connectivity index (χ0) is 36.3. The van der Waals surface area contributed by atoms with Gasteiger partial charge >= 0.3 is 0 Å². The summed E-state index contributed by atoms with van der Waals surface area (Å²) in [5, 5.41) is 2.52. The molecular formula is C26H22Cl4I6N2O7Si2. The number of hydrogen-bond donors (Lipinski definition) is 2. The van der Waals surface area contributed by atoms with Crippen LogP contribution in [0.25, 0.3) is 0 Å². The van der Waals surface area contributed by atoms with Crippen LogP contribution in [0.1, 0.15) is 54.3 Å². The number of amides is 2. The maximum Gasteiger partial charge on any atom is 0.254 e. The van der Waals surface area contributed by atoms with Gasteiger partial charge in [-0.05, 0) is 220 Å². The summed E-state index contributed by atoms with van der Waals surface area (Å²) < 4.78 is 8.84. The summed E-state index contributed by atoms with van der Waals surface area (Å²) in [6, 6.07) is 0.927. The van der Waals surface area contributed by atoms with E-state index in [9.17, 15) is 28.8 Å². The zero-order valence-corrected chi connectivity index (χ0v) is 42.4. The number of benzene rings is 2. The molecule has 2 aromatic carbocycles. The third-order valence-corrected chi connectivity index (χ3v) is 21.0. The lowest BCUT2D eigenvalue weighted by Gasteiger charge is -2.34. The molecule has 0 unspecified atom stereocenters. The van der Waals surface area contributed by atoms with Gasteiger partial charge in [-0.1, -0.05) is 0 Å². The lowest BCUT2D eigenvalue weighted by Crippen LogP contribution is -2.45. The zero-order valence-electron chi connectivity index (χ0n) is 24.5. The van der Waals surface area contributed by atoms with Gasteiger partial charge in [0.1, 0.15) is 0 Å². The average Bonchev–Trinajstić information content (AvgIpc) is 2.90. The molecule has 0 aliphatic rings. The van der Waals surface area contributed by atoms with E-state index in [-0.39, 0.29) is 58.3 Å². The van der Waals surface area contributed by atoms with Gasteiger partial charge in [-0.3, -0.25) is 28.8 Å². The first-order valence-corrected chi connectivity index (χ1v) is 27.2. The van der Waals surface area contributed by atoms with E-state index in [0.29, 0.717) is 33.5 Å². The minimum atomic E-state index is -2.42. The van der Waals surface area contributed by atoms with Crippen LogP contribution < -0.4 is 10.6 Å². The van der Waals surface area contributed by atoms with Crippen molar-refractivity contribution in [2.45, 2.75) is 51.1 Å². The molecule has 0 aromatic heterocycles. The Bertz CT molecular complexity index is 1510. The third kappa shape index (κ3) is 12.0. The molecule has 2 N–H and O–H groups in total. The summed E-state index contributed by atoms with van der Waals surface area (Å²) in [7, 11) is -4.83. The molecule has 0 aliphatic carbocycles. The summed E-state index contributed by atoms with van der Waals surface area (Å²) in [5.74, 6) is -0.672. The number of hydrogen-bond acceptors (Lipinski definition) is 7. The van der Waals surface area contributed by atoms with Gasteiger partial charge in [0, 0.05) is 20.0 Å². The lowest BCUT2D eigenvalue weighted by molar-refractivity contribution is -0.116. The highest BCUT2D eigenvalue weighted by molar-refractivity contribution is 14.1. The molecule has 0 aliphatic heterocycles. The molecule has 0 bridgehead atoms. The highest BCUT2D eigenvalue weighted by Crippen LogP contribution is 2.39. The average molecular weight is 1430 g/mol. The second-order valence-electron chi connectivity index (χ2n) is 10.9. The molecule has 2 aromatic rings. The molecule has 9 nitrogen and oxygen atoms in total. The van der Waals surface area contributed by atoms with Crippen LogP contribution in [0.3, 0.4) is 0 Å². The Morgan fingerprint density at radius 2 is 0.745 bits per heavy atom. The maximum absolute atomic E-state index is 13.1. The van der Waals surface area contributed by atoms with Crippen LogP contribution in [-0.4, -0.2) is 49.4 Å². The second-order valence-corrected chi connectivity index (χ2v) is 27.6. The number of carbonyl (C=O) groups excluding carboxylic acids is 6. The minimum absolute atomic E-state index is 0.0924. The summed E-state index contributed by atoms with van der Waals surface area (Å²) in [5.41, 5.74) is 0.940. The van der Waals surface area contributed by atoms with E-state index < -0.39 is 37.6 Å². The Balaban J connectivity index is 2.13. The minimum Gasteiger partial charge on any atom is -0.455 e. The van der Waals surface area contributed by atoms with Crippen LogP contribution in [0.4, 0.5) is 11.4 Å². The molecule has 2 amide bonds. The van der Waals surface area contributed by atoms with Crippen LogP contribution >= 0.6 is 182 Å². The fourth-order valence-electron chi connectivity index (χ4n) is 4.32. The summed E-state index contributed by atoms with van der Waals surface area (Å²) in [6.07, 6.45) is 0.229. The Hall–Kier alpha value is 1.99. The van der Waals surface area contributed by atoms with Crippen molar-refractivity contribution in [3.8, 4) is 0 Å². The van der Waals surface area contributed by atoms with Crippen molar-refractivity contribution >= 4 is 243 Å². The molecule has 0 saturated carbocycles. The van der Waals surface area contributed by atoms with E-state index in [4.69, 9.17) is 50.5 Å². The van der Waals surface area contributed by atoms with Crippen molar-refractivity contribution in [3.63, 3.8) is 0 Å². The smallest absolute Gasteiger partial charge is 0.254 e. The van der Waals surface area contributed by atoms with Crippen LogP contribution in [0.2, 0.25) is 38.3 Å². The summed E-state index contributed by atoms with van der Waals surface area (Å²) in [6.45, 7) is 7.98. The first-order chi connectivity index (χ1) is 21.4. The monoisotopic (exact) mass is 1430 g/mol. The normalized spacial score (nSPS) is 11.7. The van der Waals surface area contributed by atoms with Gasteiger partial charge in [0.25, 0.3) is 21.0 Å². The van der Waals surface area contributed by atoms with Crippen LogP contribution in [0.15, 0.2) is 0 Å². The van der Waals surface area contributed by atoms with Crippen molar-refractivity contribution in [1.29, 1.82) is 0 Å². The Morgan fingerprint density at radius 1 is 0.511 bits per heavy atom. The van der Waals surface area contributed by atoms with Gasteiger partial charge in [-0.2, -0.15) is 0 Å². The largest absolute Gasteiger partial charge is 0.455 e. The molecule has 256 valence electrons. The molecule has 0 heterocycles. The van der Waals surface area contributed by atoms with E-state index in [0.717, 1.165) is 0 Å². The molecule has 0 saturated heterocycles. The van der Waals surface area contributed by atoms with Gasteiger partial charge in [-0.15, -0.1) is 0 Å². The Morgan fingerprint density at radius 3 is 0.957 bits per heavy atom. The van der Waals surface area contributed by atoms with E-state index in [1.165, 1.54) is 0 Å². The first-order valence-electron chi connectivity index (χ1n) is 12.9. The fraction of sp³-hybridized carbons (Fsp3) is 0.308. The van der Waals surface area contributed by atoms with Gasteiger partial charge in [-0.25, -0.2) is 0 Å². The highest BCUT2D eigenvalue weighted by atomic mass is 127. The standard InChI is InChI=1S/C26H22Cl4I6N2O7Si2/c1-46(2,7-5-9(39)37-21-17(33)11(23(27)41)15(31)12(18(21)34)24(28)42)45-47(3,4)8-6-10(40)38-22-19(35)13(25(29)43)16(32)14(20(22)36)26(30)44/h5-8H2,1-4H3,(H,37,39)(H,38,40). The number of carbonyl (C=O) groups is 6. The van der Waals surface area contributed by atoms with Gasteiger partial charge < -0.3 is 14.7 Å². The molecule has 0 atom stereocenters. The number of nitrogens with one attached hydrogen (secondary N) is 2. The van der Waals surface area contributed by atoms with Crippen LogP contribution in [0.5, 0.6) is 0 Å². The van der Waals surface area contributed by atoms with Crippen LogP contribution in [-0.2, 0) is 13.7 Å². The Kier molecular flexibility index (Phi) is 18.1. The maximum atomic E-state index is 13.1. The third-order valence-electron chi connectivity index (χ3n) is 6.41. The molecular weight excluding hydrogens is 1410 g/mol. The van der Waals surface area contributed by atoms with Crippen LogP contribution in [0, 0.1) is 21.4 Å². The van der Waals surface area contributed by atoms with E-state index in [1.807, 2.05) is 162 Å².